The minimum Gasteiger partial charge on any atom is -0.493 e. The maximum absolute atomic E-state index is 12.4. The zero-order valence-electron chi connectivity index (χ0n) is 18.0. The Morgan fingerprint density at radius 1 is 1.03 bits per heavy atom. The number of benzene rings is 3. The lowest BCUT2D eigenvalue weighted by atomic mass is 10.1. The van der Waals surface area contributed by atoms with Crippen molar-refractivity contribution in [3.05, 3.63) is 89.0 Å². The van der Waals surface area contributed by atoms with Crippen molar-refractivity contribution in [3.63, 3.8) is 0 Å². The lowest BCUT2D eigenvalue weighted by Gasteiger charge is -2.12. The van der Waals surface area contributed by atoms with Gasteiger partial charge in [-0.3, -0.25) is 4.79 Å². The minimum absolute atomic E-state index is 0.00186. The van der Waals surface area contributed by atoms with E-state index >= 15 is 0 Å². The van der Waals surface area contributed by atoms with Crippen LogP contribution in [0.3, 0.4) is 0 Å². The van der Waals surface area contributed by atoms with Crippen LogP contribution >= 0.6 is 0 Å². The summed E-state index contributed by atoms with van der Waals surface area (Å²) in [5.41, 5.74) is 2.52. The molecule has 0 spiro atoms. The lowest BCUT2D eigenvalue weighted by Crippen LogP contribution is -2.23. The van der Waals surface area contributed by atoms with Crippen LogP contribution in [0, 0.1) is 11.3 Å². The first-order valence-electron chi connectivity index (χ1n) is 10.3. The SMILES string of the molecule is COc1cc(/C=C(/C#N)C(=O)NCc2ccccc2)ccc1OCc1ccc2c(c1)OCO2. The molecule has 0 saturated carbocycles. The second-order valence-corrected chi connectivity index (χ2v) is 7.22. The van der Waals surface area contributed by atoms with Crippen LogP contribution in [0.5, 0.6) is 23.0 Å². The number of nitrogens with one attached hydrogen (secondary N) is 1. The molecule has 0 aliphatic carbocycles. The molecule has 1 N–H and O–H groups in total. The average Bonchev–Trinajstić information content (AvgIpc) is 3.33. The molecule has 7 nitrogen and oxygen atoms in total. The molecule has 1 amide bonds. The highest BCUT2D eigenvalue weighted by Gasteiger charge is 2.14. The number of hydrogen-bond acceptors (Lipinski definition) is 6. The number of ether oxygens (including phenoxy) is 4. The van der Waals surface area contributed by atoms with Gasteiger partial charge in [-0.1, -0.05) is 42.5 Å². The first-order valence-corrected chi connectivity index (χ1v) is 10.3. The molecule has 3 aromatic rings. The van der Waals surface area contributed by atoms with E-state index in [4.69, 9.17) is 18.9 Å². The maximum Gasteiger partial charge on any atom is 0.262 e. The largest absolute Gasteiger partial charge is 0.493 e. The number of fused-ring (bicyclic) bond motifs is 1. The predicted molar refractivity (Wildman–Crippen MR) is 122 cm³/mol. The Hall–Kier alpha value is -4.44. The third-order valence-electron chi connectivity index (χ3n) is 4.99. The molecule has 166 valence electrons. The molecular weight excluding hydrogens is 420 g/mol. The highest BCUT2D eigenvalue weighted by Crippen LogP contribution is 2.34. The molecule has 0 aromatic heterocycles. The molecule has 0 atom stereocenters. The van der Waals surface area contributed by atoms with E-state index in [-0.39, 0.29) is 12.4 Å². The van der Waals surface area contributed by atoms with Crippen molar-refractivity contribution in [1.82, 2.24) is 5.32 Å². The number of hydrogen-bond donors (Lipinski definition) is 1. The molecule has 0 fully saturated rings. The van der Waals surface area contributed by atoms with Gasteiger partial charge in [0.15, 0.2) is 23.0 Å². The van der Waals surface area contributed by atoms with E-state index < -0.39 is 5.91 Å². The monoisotopic (exact) mass is 442 g/mol. The van der Waals surface area contributed by atoms with Crippen molar-refractivity contribution in [1.29, 1.82) is 5.26 Å². The van der Waals surface area contributed by atoms with Gasteiger partial charge >= 0.3 is 0 Å². The number of amides is 1. The number of nitriles is 1. The topological polar surface area (TPSA) is 89.8 Å². The summed E-state index contributed by atoms with van der Waals surface area (Å²) < 4.78 is 22.1. The standard InChI is InChI=1S/C26H22N2O5/c1-30-24-12-19(11-21(14-27)26(29)28-15-18-5-3-2-4-6-18)7-9-22(24)31-16-20-8-10-23-25(13-20)33-17-32-23/h2-13H,15-17H2,1H3,(H,28,29)/b21-11-. The van der Waals surface area contributed by atoms with Crippen LogP contribution < -0.4 is 24.3 Å². The Bertz CT molecular complexity index is 1220. The molecule has 0 saturated heterocycles. The zero-order chi connectivity index (χ0) is 23.0. The predicted octanol–water partition coefficient (Wildman–Crippen LogP) is 4.23. The van der Waals surface area contributed by atoms with Gasteiger partial charge in [-0.25, -0.2) is 0 Å². The molecule has 4 rings (SSSR count). The summed E-state index contributed by atoms with van der Waals surface area (Å²) in [5.74, 6) is 2.00. The van der Waals surface area contributed by atoms with Gasteiger partial charge in [0, 0.05) is 6.54 Å². The van der Waals surface area contributed by atoms with E-state index in [1.165, 1.54) is 13.2 Å². The van der Waals surface area contributed by atoms with Gasteiger partial charge in [0.25, 0.3) is 5.91 Å². The van der Waals surface area contributed by atoms with Crippen molar-refractivity contribution in [2.45, 2.75) is 13.2 Å². The Labute approximate surface area is 191 Å². The van der Waals surface area contributed by atoms with Crippen LogP contribution in [0.4, 0.5) is 0 Å². The fraction of sp³-hybridized carbons (Fsp3) is 0.154. The van der Waals surface area contributed by atoms with Gasteiger partial charge in [0.05, 0.1) is 7.11 Å². The van der Waals surface area contributed by atoms with Crippen LogP contribution in [-0.2, 0) is 17.9 Å². The summed E-state index contributed by atoms with van der Waals surface area (Å²) in [6.45, 7) is 0.875. The molecule has 3 aromatic carbocycles. The maximum atomic E-state index is 12.4. The molecule has 0 unspecified atom stereocenters. The first-order chi connectivity index (χ1) is 16.2. The third-order valence-corrected chi connectivity index (χ3v) is 4.99. The van der Waals surface area contributed by atoms with Gasteiger partial charge in [0.1, 0.15) is 18.2 Å². The summed E-state index contributed by atoms with van der Waals surface area (Å²) in [5, 5.41) is 12.2. The van der Waals surface area contributed by atoms with Gasteiger partial charge in [-0.15, -0.1) is 0 Å². The number of rotatable bonds is 8. The quantitative estimate of drug-likeness (QED) is 0.415. The van der Waals surface area contributed by atoms with Gasteiger partial charge < -0.3 is 24.3 Å². The smallest absolute Gasteiger partial charge is 0.262 e. The van der Waals surface area contributed by atoms with E-state index in [2.05, 4.69) is 5.32 Å². The molecule has 0 radical (unpaired) electrons. The minimum atomic E-state index is -0.441. The lowest BCUT2D eigenvalue weighted by molar-refractivity contribution is -0.117. The van der Waals surface area contributed by atoms with Gasteiger partial charge in [-0.2, -0.15) is 5.26 Å². The van der Waals surface area contributed by atoms with E-state index in [1.54, 1.807) is 18.2 Å². The Morgan fingerprint density at radius 3 is 2.64 bits per heavy atom. The van der Waals surface area contributed by atoms with Crippen LogP contribution in [0.15, 0.2) is 72.3 Å². The number of carbonyl (C=O) groups is 1. The van der Waals surface area contributed by atoms with Crippen LogP contribution in [0.1, 0.15) is 16.7 Å². The van der Waals surface area contributed by atoms with Crippen LogP contribution in [-0.4, -0.2) is 19.8 Å². The van der Waals surface area contributed by atoms with Crippen LogP contribution in [0.2, 0.25) is 0 Å². The summed E-state index contributed by atoms with van der Waals surface area (Å²) in [7, 11) is 1.54. The Morgan fingerprint density at radius 2 is 1.85 bits per heavy atom. The summed E-state index contributed by atoms with van der Waals surface area (Å²) >= 11 is 0. The fourth-order valence-corrected chi connectivity index (χ4v) is 3.27. The summed E-state index contributed by atoms with van der Waals surface area (Å²) in [4.78, 5) is 12.4. The van der Waals surface area contributed by atoms with E-state index in [0.717, 1.165) is 11.1 Å². The third kappa shape index (κ3) is 5.43. The zero-order valence-corrected chi connectivity index (χ0v) is 18.0. The first kappa shape index (κ1) is 21.8. The molecule has 1 heterocycles. The highest BCUT2D eigenvalue weighted by atomic mass is 16.7. The number of methoxy groups -OCH3 is 1. The van der Waals surface area contributed by atoms with Crippen molar-refractivity contribution in [2.24, 2.45) is 0 Å². The number of carbonyl (C=O) groups excluding carboxylic acids is 1. The second kappa shape index (κ2) is 10.2. The fourth-order valence-electron chi connectivity index (χ4n) is 3.27. The molecule has 1 aliphatic heterocycles. The molecular formula is C26H22N2O5. The summed E-state index contributed by atoms with van der Waals surface area (Å²) in [6, 6.07) is 22.3. The van der Waals surface area contributed by atoms with Crippen molar-refractivity contribution < 1.29 is 23.7 Å². The van der Waals surface area contributed by atoms with Crippen LogP contribution in [0.25, 0.3) is 6.08 Å². The van der Waals surface area contributed by atoms with E-state index in [9.17, 15) is 10.1 Å². The van der Waals surface area contributed by atoms with Gasteiger partial charge in [0.2, 0.25) is 6.79 Å². The van der Waals surface area contributed by atoms with E-state index in [1.807, 2.05) is 54.6 Å². The van der Waals surface area contributed by atoms with Gasteiger partial charge in [-0.05, 0) is 47.0 Å². The normalized spacial score (nSPS) is 12.1. The molecule has 0 bridgehead atoms. The van der Waals surface area contributed by atoms with Crippen molar-refractivity contribution in [2.75, 3.05) is 13.9 Å². The number of nitrogens with zero attached hydrogens (tertiary/aromatic N) is 1. The molecule has 1 aliphatic rings. The average molecular weight is 442 g/mol. The van der Waals surface area contributed by atoms with Crippen molar-refractivity contribution >= 4 is 12.0 Å². The van der Waals surface area contributed by atoms with Crippen molar-refractivity contribution in [3.8, 4) is 29.1 Å². The molecule has 33 heavy (non-hydrogen) atoms. The summed E-state index contributed by atoms with van der Waals surface area (Å²) in [6.07, 6.45) is 1.52. The Kier molecular flexibility index (Phi) is 6.76. The Balaban J connectivity index is 1.43. The molecule has 7 heteroatoms. The van der Waals surface area contributed by atoms with E-state index in [0.29, 0.717) is 41.7 Å². The highest BCUT2D eigenvalue weighted by molar-refractivity contribution is 6.01. The second-order valence-electron chi connectivity index (χ2n) is 7.22.